The third-order valence-corrected chi connectivity index (χ3v) is 7.27. The van der Waals surface area contributed by atoms with Crippen LogP contribution in [-0.2, 0) is 11.4 Å². The lowest BCUT2D eigenvalue weighted by Crippen LogP contribution is -2.14. The highest BCUT2D eigenvalue weighted by molar-refractivity contribution is 6.32. The monoisotopic (exact) mass is 536 g/mol. The highest BCUT2D eigenvalue weighted by Gasteiger charge is 2.51. The molecule has 194 valence electrons. The first-order valence-electron chi connectivity index (χ1n) is 12.6. The number of pyridine rings is 1. The second kappa shape index (κ2) is 10.7. The number of halogens is 1. The van der Waals surface area contributed by atoms with Crippen LogP contribution in [0, 0.1) is 29.6 Å². The van der Waals surface area contributed by atoms with E-state index in [0.717, 1.165) is 29.9 Å². The smallest absolute Gasteiger partial charge is 0.247 e. The molecule has 2 fully saturated rings. The van der Waals surface area contributed by atoms with Crippen LogP contribution in [0.2, 0.25) is 5.02 Å². The maximum absolute atomic E-state index is 12.2. The molecule has 1 saturated heterocycles. The van der Waals surface area contributed by atoms with Crippen LogP contribution < -0.4 is 20.7 Å². The predicted octanol–water partition coefficient (Wildman–Crippen LogP) is 4.94. The second-order valence-electron chi connectivity index (χ2n) is 9.49. The maximum Gasteiger partial charge on any atom is 0.247 e. The first-order chi connectivity index (χ1) is 19.1. The van der Waals surface area contributed by atoms with E-state index in [0.29, 0.717) is 57.7 Å². The van der Waals surface area contributed by atoms with Gasteiger partial charge in [-0.25, -0.2) is 9.97 Å². The van der Waals surface area contributed by atoms with Crippen LogP contribution in [0.15, 0.2) is 73.7 Å². The van der Waals surface area contributed by atoms with Crippen molar-refractivity contribution in [1.82, 2.24) is 20.3 Å². The van der Waals surface area contributed by atoms with Crippen molar-refractivity contribution in [3.63, 3.8) is 0 Å². The normalized spacial score (nSPS) is 18.9. The summed E-state index contributed by atoms with van der Waals surface area (Å²) in [7, 11) is 0. The van der Waals surface area contributed by atoms with E-state index in [9.17, 15) is 4.79 Å². The SMILES string of the molecule is C=CC(=O)Nc1cc2c(Nc3ccc(OCc4ccccn4)c(Cl)c3)ncnc2cc1C#C[C@@H]1[C@H]2CNC[C@@H]12. The van der Waals surface area contributed by atoms with Crippen LogP contribution in [0.5, 0.6) is 5.75 Å². The van der Waals surface area contributed by atoms with Gasteiger partial charge in [0.1, 0.15) is 24.5 Å². The van der Waals surface area contributed by atoms with Crippen molar-refractivity contribution < 1.29 is 9.53 Å². The Morgan fingerprint density at radius 2 is 2.03 bits per heavy atom. The standard InChI is InChI=1S/C30H25ClN6O2/c1-2-29(38)37-26-13-22-27(11-18(26)6-8-21-23-14-32-15-24(21)23)34-17-35-30(22)36-19-7-9-28(25(31)12-19)39-16-20-5-3-4-10-33-20/h2-5,7,9-13,17,21,23-24,32H,1,14-16H2,(H,37,38)(H,34,35,36)/t21-,23-,24+. The number of carbonyl (C=O) groups is 1. The van der Waals surface area contributed by atoms with E-state index < -0.39 is 0 Å². The summed E-state index contributed by atoms with van der Waals surface area (Å²) in [6.07, 6.45) is 4.45. The molecule has 0 spiro atoms. The number of carbonyl (C=O) groups excluding carboxylic acids is 1. The van der Waals surface area contributed by atoms with Gasteiger partial charge in [0.25, 0.3) is 0 Å². The van der Waals surface area contributed by atoms with Gasteiger partial charge in [-0.3, -0.25) is 9.78 Å². The molecule has 9 heteroatoms. The Bertz CT molecular complexity index is 1620. The van der Waals surface area contributed by atoms with Gasteiger partial charge in [0.15, 0.2) is 0 Å². The molecule has 6 rings (SSSR count). The molecule has 1 aliphatic heterocycles. The van der Waals surface area contributed by atoms with E-state index in [1.807, 2.05) is 36.4 Å². The first kappa shape index (κ1) is 24.9. The molecular weight excluding hydrogens is 512 g/mol. The van der Waals surface area contributed by atoms with E-state index in [2.05, 4.69) is 49.3 Å². The number of hydrogen-bond acceptors (Lipinski definition) is 7. The molecule has 0 unspecified atom stereocenters. The number of hydrogen-bond donors (Lipinski definition) is 3. The minimum atomic E-state index is -0.315. The Morgan fingerprint density at radius 3 is 2.79 bits per heavy atom. The summed E-state index contributed by atoms with van der Waals surface area (Å²) in [6, 6.07) is 14.8. The van der Waals surface area contributed by atoms with Crippen LogP contribution in [0.25, 0.3) is 10.9 Å². The molecule has 2 aliphatic rings. The number of rotatable bonds is 7. The summed E-state index contributed by atoms with van der Waals surface area (Å²) in [5, 5.41) is 10.8. The third-order valence-electron chi connectivity index (χ3n) is 6.98. The van der Waals surface area contributed by atoms with Gasteiger partial charge in [-0.1, -0.05) is 36.1 Å². The lowest BCUT2D eigenvalue weighted by atomic mass is 10.1. The van der Waals surface area contributed by atoms with Crippen molar-refractivity contribution in [1.29, 1.82) is 0 Å². The number of aromatic nitrogens is 3. The summed E-state index contributed by atoms with van der Waals surface area (Å²) >= 11 is 6.51. The molecular formula is C30H25ClN6O2. The number of piperidine rings is 1. The Labute approximate surface area is 230 Å². The van der Waals surface area contributed by atoms with Crippen molar-refractivity contribution in [3.8, 4) is 17.6 Å². The molecule has 1 saturated carbocycles. The van der Waals surface area contributed by atoms with E-state index >= 15 is 0 Å². The number of anilines is 3. The Kier molecular flexibility index (Phi) is 6.84. The number of nitrogens with zero attached hydrogens (tertiary/aromatic N) is 3. The van der Waals surface area contributed by atoms with E-state index in [-0.39, 0.29) is 5.91 Å². The number of nitrogens with one attached hydrogen (secondary N) is 3. The molecule has 3 heterocycles. The van der Waals surface area contributed by atoms with Gasteiger partial charge in [-0.2, -0.15) is 0 Å². The van der Waals surface area contributed by atoms with Gasteiger partial charge in [-0.15, -0.1) is 0 Å². The minimum absolute atomic E-state index is 0.313. The molecule has 1 amide bonds. The summed E-state index contributed by atoms with van der Waals surface area (Å²) in [4.78, 5) is 25.4. The molecule has 3 atom stereocenters. The number of fused-ring (bicyclic) bond motifs is 2. The molecule has 1 aliphatic carbocycles. The molecule has 2 aromatic heterocycles. The first-order valence-corrected chi connectivity index (χ1v) is 13.0. The lowest BCUT2D eigenvalue weighted by molar-refractivity contribution is -0.111. The largest absolute Gasteiger partial charge is 0.486 e. The second-order valence-corrected chi connectivity index (χ2v) is 9.90. The van der Waals surface area contributed by atoms with Gasteiger partial charge in [-0.05, 0) is 73.5 Å². The minimum Gasteiger partial charge on any atom is -0.486 e. The summed E-state index contributed by atoms with van der Waals surface area (Å²) in [5.41, 5.74) is 3.52. The van der Waals surface area contributed by atoms with Gasteiger partial charge < -0.3 is 20.7 Å². The van der Waals surface area contributed by atoms with Gasteiger partial charge in [0.05, 0.1) is 27.5 Å². The van der Waals surface area contributed by atoms with Crippen LogP contribution >= 0.6 is 11.6 Å². The lowest BCUT2D eigenvalue weighted by Gasteiger charge is -2.13. The fourth-order valence-electron chi connectivity index (χ4n) is 4.85. The van der Waals surface area contributed by atoms with Crippen LogP contribution in [0.3, 0.4) is 0 Å². The van der Waals surface area contributed by atoms with Crippen molar-refractivity contribution in [2.24, 2.45) is 17.8 Å². The van der Waals surface area contributed by atoms with Crippen molar-refractivity contribution >= 4 is 45.6 Å². The average molecular weight is 537 g/mol. The van der Waals surface area contributed by atoms with Crippen LogP contribution in [0.4, 0.5) is 17.2 Å². The quantitative estimate of drug-likeness (QED) is 0.227. The van der Waals surface area contributed by atoms with Crippen molar-refractivity contribution in [2.75, 3.05) is 23.7 Å². The fraction of sp³-hybridized carbons (Fsp3) is 0.200. The highest BCUT2D eigenvalue weighted by atomic mass is 35.5. The van der Waals surface area contributed by atoms with Crippen LogP contribution in [0.1, 0.15) is 11.3 Å². The average Bonchev–Trinajstić information content (AvgIpc) is 3.37. The van der Waals surface area contributed by atoms with Gasteiger partial charge in [0, 0.05) is 23.2 Å². The number of ether oxygens (including phenoxy) is 1. The molecule has 2 aromatic carbocycles. The highest BCUT2D eigenvalue weighted by Crippen LogP contribution is 2.48. The Morgan fingerprint density at radius 1 is 1.15 bits per heavy atom. The molecule has 3 N–H and O–H groups in total. The fourth-order valence-corrected chi connectivity index (χ4v) is 5.09. The summed E-state index contributed by atoms with van der Waals surface area (Å²) in [5.74, 6) is 9.14. The zero-order valence-electron chi connectivity index (χ0n) is 20.9. The van der Waals surface area contributed by atoms with E-state index in [4.69, 9.17) is 16.3 Å². The van der Waals surface area contributed by atoms with Crippen molar-refractivity contribution in [3.05, 3.63) is 90.0 Å². The molecule has 39 heavy (non-hydrogen) atoms. The number of benzene rings is 2. The predicted molar refractivity (Wildman–Crippen MR) is 152 cm³/mol. The van der Waals surface area contributed by atoms with Gasteiger partial charge in [0.2, 0.25) is 5.91 Å². The van der Waals surface area contributed by atoms with E-state index in [1.165, 1.54) is 12.4 Å². The Balaban J connectivity index is 1.26. The Hall–Kier alpha value is -4.45. The van der Waals surface area contributed by atoms with Crippen LogP contribution in [-0.4, -0.2) is 33.9 Å². The van der Waals surface area contributed by atoms with E-state index in [1.54, 1.807) is 18.3 Å². The summed E-state index contributed by atoms with van der Waals surface area (Å²) in [6.45, 7) is 5.92. The van der Waals surface area contributed by atoms with Gasteiger partial charge >= 0.3 is 0 Å². The molecule has 0 radical (unpaired) electrons. The third kappa shape index (κ3) is 5.41. The summed E-state index contributed by atoms with van der Waals surface area (Å²) < 4.78 is 5.83. The maximum atomic E-state index is 12.2. The molecule has 4 aromatic rings. The number of amides is 1. The zero-order valence-corrected chi connectivity index (χ0v) is 21.7. The zero-order chi connectivity index (χ0) is 26.8. The molecule has 8 nitrogen and oxygen atoms in total. The van der Waals surface area contributed by atoms with Crippen molar-refractivity contribution in [2.45, 2.75) is 6.61 Å². The molecule has 0 bridgehead atoms. The topological polar surface area (TPSA) is 101 Å².